The Labute approximate surface area is 93.3 Å². The van der Waals surface area contributed by atoms with Gasteiger partial charge >= 0.3 is 0 Å². The molecule has 0 amide bonds. The van der Waals surface area contributed by atoms with Crippen LogP contribution in [0.4, 0.5) is 0 Å². The van der Waals surface area contributed by atoms with Gasteiger partial charge in [0.25, 0.3) is 0 Å². The van der Waals surface area contributed by atoms with Crippen molar-refractivity contribution in [2.75, 3.05) is 0 Å². The first-order chi connectivity index (χ1) is 6.98. The van der Waals surface area contributed by atoms with E-state index in [2.05, 4.69) is 27.0 Å². The Hall–Kier alpha value is -0.850. The number of rotatable bonds is 4. The van der Waals surface area contributed by atoms with Crippen LogP contribution in [0, 0.1) is 10.8 Å². The second-order valence-electron chi connectivity index (χ2n) is 5.29. The summed E-state index contributed by atoms with van der Waals surface area (Å²) in [5, 5.41) is 0. The lowest BCUT2D eigenvalue weighted by Gasteiger charge is -2.42. The molecule has 0 spiro atoms. The van der Waals surface area contributed by atoms with Gasteiger partial charge in [0, 0.05) is 10.8 Å². The summed E-state index contributed by atoms with van der Waals surface area (Å²) in [7, 11) is 0. The Morgan fingerprint density at radius 2 is 1.53 bits per heavy atom. The number of carbonyl (C=O) groups is 1. The maximum atomic E-state index is 12.5. The maximum Gasteiger partial charge on any atom is 0.145 e. The predicted octanol–water partition coefficient (Wildman–Crippen LogP) is 3.90. The molecule has 0 bridgehead atoms. The van der Waals surface area contributed by atoms with Gasteiger partial charge in [0.15, 0.2) is 0 Å². The molecule has 0 aromatic carbocycles. The number of hydrogen-bond acceptors (Lipinski definition) is 1. The molecular formula is C14H22O. The summed E-state index contributed by atoms with van der Waals surface area (Å²) >= 11 is 0. The third-order valence-electron chi connectivity index (χ3n) is 3.74. The molecule has 1 fully saturated rings. The monoisotopic (exact) mass is 206 g/mol. The van der Waals surface area contributed by atoms with E-state index in [-0.39, 0.29) is 10.8 Å². The molecule has 0 aromatic heterocycles. The molecule has 0 radical (unpaired) electrons. The first-order valence-corrected chi connectivity index (χ1v) is 5.75. The molecule has 0 unspecified atom stereocenters. The Bertz CT molecular complexity index is 253. The van der Waals surface area contributed by atoms with Crippen molar-refractivity contribution in [2.45, 2.75) is 46.0 Å². The zero-order valence-corrected chi connectivity index (χ0v) is 10.0. The quantitative estimate of drug-likeness (QED) is 0.637. The molecule has 84 valence electrons. The molecule has 1 heteroatoms. The summed E-state index contributed by atoms with van der Waals surface area (Å²) in [6, 6.07) is 0. The van der Waals surface area contributed by atoms with Crippen LogP contribution in [0.2, 0.25) is 0 Å². The second kappa shape index (κ2) is 4.34. The third-order valence-corrected chi connectivity index (χ3v) is 3.74. The van der Waals surface area contributed by atoms with Crippen LogP contribution in [0.25, 0.3) is 0 Å². The van der Waals surface area contributed by atoms with E-state index in [4.69, 9.17) is 0 Å². The van der Waals surface area contributed by atoms with Crippen LogP contribution < -0.4 is 0 Å². The topological polar surface area (TPSA) is 17.1 Å². The average molecular weight is 206 g/mol. The van der Waals surface area contributed by atoms with Gasteiger partial charge in [-0.05, 0) is 25.7 Å². The Balaban J connectivity index is 2.92. The van der Waals surface area contributed by atoms with Crippen LogP contribution in [-0.4, -0.2) is 5.78 Å². The Morgan fingerprint density at radius 3 is 1.87 bits per heavy atom. The molecule has 0 N–H and O–H groups in total. The van der Waals surface area contributed by atoms with Gasteiger partial charge in [0.05, 0.1) is 0 Å². The van der Waals surface area contributed by atoms with Crippen LogP contribution in [0.3, 0.4) is 0 Å². The summed E-state index contributed by atoms with van der Waals surface area (Å²) in [6.45, 7) is 11.7. The summed E-state index contributed by atoms with van der Waals surface area (Å²) in [4.78, 5) is 12.5. The first kappa shape index (κ1) is 12.2. The standard InChI is InChI=1S/C14H22O/c1-5-8-13(3)10-7-11-14(4,9-6-2)12(13)15/h5-6H,1-2,7-11H2,3-4H3/t13-,14-/m1/s1. The lowest BCUT2D eigenvalue weighted by atomic mass is 9.60. The van der Waals surface area contributed by atoms with Crippen LogP contribution in [0.15, 0.2) is 25.3 Å². The summed E-state index contributed by atoms with van der Waals surface area (Å²) in [6.07, 6.45) is 8.50. The van der Waals surface area contributed by atoms with Crippen molar-refractivity contribution >= 4 is 5.78 Å². The Morgan fingerprint density at radius 1 is 1.13 bits per heavy atom. The van der Waals surface area contributed by atoms with E-state index in [9.17, 15) is 4.79 Å². The molecule has 1 aliphatic carbocycles. The molecule has 1 rings (SSSR count). The minimum atomic E-state index is -0.183. The van der Waals surface area contributed by atoms with E-state index < -0.39 is 0 Å². The molecule has 0 aliphatic heterocycles. The van der Waals surface area contributed by atoms with Gasteiger partial charge in [-0.3, -0.25) is 4.79 Å². The second-order valence-corrected chi connectivity index (χ2v) is 5.29. The van der Waals surface area contributed by atoms with Crippen molar-refractivity contribution in [1.29, 1.82) is 0 Å². The van der Waals surface area contributed by atoms with E-state index >= 15 is 0 Å². The van der Waals surface area contributed by atoms with Crippen LogP contribution in [0.5, 0.6) is 0 Å². The largest absolute Gasteiger partial charge is 0.298 e. The number of Topliss-reactive ketones (excluding diaryl/α,β-unsaturated/α-hetero) is 1. The molecular weight excluding hydrogens is 184 g/mol. The van der Waals surface area contributed by atoms with Crippen molar-refractivity contribution in [1.82, 2.24) is 0 Å². The van der Waals surface area contributed by atoms with Gasteiger partial charge in [-0.2, -0.15) is 0 Å². The fourth-order valence-corrected chi connectivity index (χ4v) is 2.85. The maximum absolute atomic E-state index is 12.5. The summed E-state index contributed by atoms with van der Waals surface area (Å²) in [5.41, 5.74) is -0.366. The van der Waals surface area contributed by atoms with Crippen molar-refractivity contribution in [3.8, 4) is 0 Å². The minimum Gasteiger partial charge on any atom is -0.298 e. The molecule has 0 saturated heterocycles. The highest BCUT2D eigenvalue weighted by molar-refractivity contribution is 5.90. The van der Waals surface area contributed by atoms with Gasteiger partial charge < -0.3 is 0 Å². The number of hydrogen-bond donors (Lipinski definition) is 0. The minimum absolute atomic E-state index is 0.183. The van der Waals surface area contributed by atoms with E-state index in [1.807, 2.05) is 12.2 Å². The Kier molecular flexibility index (Phi) is 3.54. The number of carbonyl (C=O) groups excluding carboxylic acids is 1. The average Bonchev–Trinajstić information content (AvgIpc) is 2.15. The zero-order valence-electron chi connectivity index (χ0n) is 10.0. The smallest absolute Gasteiger partial charge is 0.145 e. The number of ketones is 1. The molecule has 2 atom stereocenters. The van der Waals surface area contributed by atoms with Gasteiger partial charge in [0.1, 0.15) is 5.78 Å². The summed E-state index contributed by atoms with van der Waals surface area (Å²) in [5.74, 6) is 0.404. The highest BCUT2D eigenvalue weighted by Crippen LogP contribution is 2.46. The number of allylic oxidation sites excluding steroid dienone is 2. The van der Waals surface area contributed by atoms with Crippen molar-refractivity contribution in [3.05, 3.63) is 25.3 Å². The van der Waals surface area contributed by atoms with E-state index in [1.165, 1.54) is 0 Å². The van der Waals surface area contributed by atoms with Gasteiger partial charge in [-0.25, -0.2) is 0 Å². The van der Waals surface area contributed by atoms with E-state index in [0.29, 0.717) is 5.78 Å². The highest BCUT2D eigenvalue weighted by atomic mass is 16.1. The van der Waals surface area contributed by atoms with Crippen LogP contribution in [0.1, 0.15) is 46.0 Å². The first-order valence-electron chi connectivity index (χ1n) is 5.75. The van der Waals surface area contributed by atoms with Gasteiger partial charge in [0.2, 0.25) is 0 Å². The zero-order chi connectivity index (χ0) is 11.5. The fourth-order valence-electron chi connectivity index (χ4n) is 2.85. The molecule has 1 aliphatic rings. The van der Waals surface area contributed by atoms with Gasteiger partial charge in [-0.15, -0.1) is 13.2 Å². The SMILES string of the molecule is C=CC[C@]1(C)CCC[C@@](C)(CC=C)C1=O. The van der Waals surface area contributed by atoms with E-state index in [1.54, 1.807) is 0 Å². The molecule has 0 heterocycles. The van der Waals surface area contributed by atoms with Crippen LogP contribution in [-0.2, 0) is 4.79 Å². The fraction of sp³-hybridized carbons (Fsp3) is 0.643. The summed E-state index contributed by atoms with van der Waals surface area (Å²) < 4.78 is 0. The highest BCUT2D eigenvalue weighted by Gasteiger charge is 2.46. The lowest BCUT2D eigenvalue weighted by molar-refractivity contribution is -0.141. The van der Waals surface area contributed by atoms with Crippen molar-refractivity contribution in [3.63, 3.8) is 0 Å². The van der Waals surface area contributed by atoms with Gasteiger partial charge in [-0.1, -0.05) is 32.4 Å². The predicted molar refractivity (Wildman–Crippen MR) is 64.7 cm³/mol. The molecule has 15 heavy (non-hydrogen) atoms. The molecule has 1 nitrogen and oxygen atoms in total. The third kappa shape index (κ3) is 2.22. The lowest BCUT2D eigenvalue weighted by Crippen LogP contribution is -2.43. The van der Waals surface area contributed by atoms with E-state index in [0.717, 1.165) is 32.1 Å². The van der Waals surface area contributed by atoms with Crippen LogP contribution >= 0.6 is 0 Å². The van der Waals surface area contributed by atoms with Crippen molar-refractivity contribution in [2.24, 2.45) is 10.8 Å². The van der Waals surface area contributed by atoms with Crippen molar-refractivity contribution < 1.29 is 4.79 Å². The normalized spacial score (nSPS) is 36.3. The molecule has 0 aromatic rings. The molecule has 1 saturated carbocycles.